The first-order valence-electron chi connectivity index (χ1n) is 7.11. The predicted molar refractivity (Wildman–Crippen MR) is 69.1 cm³/mol. The van der Waals surface area contributed by atoms with Crippen molar-refractivity contribution in [2.45, 2.75) is 50.9 Å². The maximum Gasteiger partial charge on any atom is 0.309 e. The Kier molecular flexibility index (Phi) is 2.81. The van der Waals surface area contributed by atoms with Gasteiger partial charge in [-0.2, -0.15) is 0 Å². The summed E-state index contributed by atoms with van der Waals surface area (Å²) in [6.07, 6.45) is 1.03. The van der Waals surface area contributed by atoms with Crippen molar-refractivity contribution in [1.29, 1.82) is 0 Å². The summed E-state index contributed by atoms with van der Waals surface area (Å²) in [6.45, 7) is 7.70. The highest BCUT2D eigenvalue weighted by atomic mass is 16.6. The van der Waals surface area contributed by atoms with E-state index in [1.807, 2.05) is 6.92 Å². The lowest BCUT2D eigenvalue weighted by atomic mass is 9.77. The summed E-state index contributed by atoms with van der Waals surface area (Å²) in [5.41, 5.74) is 0.135. The van der Waals surface area contributed by atoms with Crippen LogP contribution in [0.15, 0.2) is 12.2 Å². The van der Waals surface area contributed by atoms with Crippen LogP contribution >= 0.6 is 0 Å². The minimum Gasteiger partial charge on any atom is -0.461 e. The van der Waals surface area contributed by atoms with E-state index in [0.29, 0.717) is 6.42 Å². The van der Waals surface area contributed by atoms with Gasteiger partial charge in [0.15, 0.2) is 0 Å². The molecule has 3 rings (SSSR count). The largest absolute Gasteiger partial charge is 0.461 e. The van der Waals surface area contributed by atoms with E-state index in [0.717, 1.165) is 18.4 Å². The Morgan fingerprint density at radius 2 is 2.16 bits per heavy atom. The van der Waals surface area contributed by atoms with Crippen molar-refractivity contribution in [3.63, 3.8) is 0 Å². The third-order valence-corrected chi connectivity index (χ3v) is 5.48. The summed E-state index contributed by atoms with van der Waals surface area (Å²) in [4.78, 5) is 11.8. The van der Waals surface area contributed by atoms with Gasteiger partial charge in [-0.1, -0.05) is 19.1 Å². The van der Waals surface area contributed by atoms with E-state index in [1.54, 1.807) is 6.92 Å². The summed E-state index contributed by atoms with van der Waals surface area (Å²) in [7, 11) is 0. The smallest absolute Gasteiger partial charge is 0.309 e. The Morgan fingerprint density at radius 3 is 2.84 bits per heavy atom. The molecule has 1 aliphatic heterocycles. The Hall–Kier alpha value is -0.870. The van der Waals surface area contributed by atoms with Gasteiger partial charge in [0.25, 0.3) is 0 Å². The van der Waals surface area contributed by atoms with E-state index < -0.39 is 11.7 Å². The van der Waals surface area contributed by atoms with E-state index in [1.165, 1.54) is 0 Å². The monoisotopic (exact) mass is 266 g/mol. The lowest BCUT2D eigenvalue weighted by molar-refractivity contribution is -0.146. The molecule has 1 saturated heterocycles. The molecule has 4 heteroatoms. The van der Waals surface area contributed by atoms with Crippen LogP contribution in [0, 0.1) is 23.7 Å². The van der Waals surface area contributed by atoms with Crippen molar-refractivity contribution >= 4 is 5.97 Å². The summed E-state index contributed by atoms with van der Waals surface area (Å²) in [5, 5.41) is 21.1. The number of carbonyl (C=O) groups excluding carboxylic acids is 1. The predicted octanol–water partition coefficient (Wildman–Crippen LogP) is 1.26. The van der Waals surface area contributed by atoms with Crippen molar-refractivity contribution < 1.29 is 19.7 Å². The summed E-state index contributed by atoms with van der Waals surface area (Å²) in [6, 6.07) is 0. The fourth-order valence-electron chi connectivity index (χ4n) is 4.47. The number of aliphatic hydroxyl groups excluding tert-OH is 1. The van der Waals surface area contributed by atoms with Crippen LogP contribution in [0.3, 0.4) is 0 Å². The van der Waals surface area contributed by atoms with Gasteiger partial charge >= 0.3 is 5.97 Å². The van der Waals surface area contributed by atoms with Crippen LogP contribution in [0.1, 0.15) is 33.1 Å². The molecule has 0 aromatic heterocycles. The van der Waals surface area contributed by atoms with E-state index >= 15 is 0 Å². The average molecular weight is 266 g/mol. The van der Waals surface area contributed by atoms with Gasteiger partial charge in [-0.15, -0.1) is 0 Å². The van der Waals surface area contributed by atoms with Crippen molar-refractivity contribution in [1.82, 2.24) is 0 Å². The lowest BCUT2D eigenvalue weighted by Gasteiger charge is -2.33. The first-order valence-corrected chi connectivity index (χ1v) is 7.11. The van der Waals surface area contributed by atoms with Gasteiger partial charge in [-0.3, -0.25) is 4.79 Å². The number of aliphatic hydroxyl groups is 2. The van der Waals surface area contributed by atoms with Gasteiger partial charge in [-0.05, 0) is 25.7 Å². The van der Waals surface area contributed by atoms with E-state index in [9.17, 15) is 15.0 Å². The number of hydrogen-bond acceptors (Lipinski definition) is 4. The van der Waals surface area contributed by atoms with Gasteiger partial charge < -0.3 is 14.9 Å². The molecule has 19 heavy (non-hydrogen) atoms. The summed E-state index contributed by atoms with van der Waals surface area (Å²) < 4.78 is 5.53. The van der Waals surface area contributed by atoms with Gasteiger partial charge in [0.1, 0.15) is 6.10 Å². The molecule has 2 N–H and O–H groups in total. The van der Waals surface area contributed by atoms with Gasteiger partial charge in [-0.25, -0.2) is 0 Å². The van der Waals surface area contributed by atoms with Crippen LogP contribution in [0.4, 0.5) is 0 Å². The highest BCUT2D eigenvalue weighted by Crippen LogP contribution is 2.53. The Labute approximate surface area is 113 Å². The van der Waals surface area contributed by atoms with Crippen LogP contribution in [0.2, 0.25) is 0 Å². The minimum absolute atomic E-state index is 0.00829. The molecule has 3 aliphatic rings. The van der Waals surface area contributed by atoms with Crippen LogP contribution in [-0.2, 0) is 9.53 Å². The van der Waals surface area contributed by atoms with Crippen LogP contribution in [0.25, 0.3) is 0 Å². The number of hydrogen-bond donors (Lipinski definition) is 2. The maximum absolute atomic E-state index is 11.8. The third-order valence-electron chi connectivity index (χ3n) is 5.48. The number of rotatable bonds is 0. The number of carbonyl (C=O) groups is 1. The standard InChI is InChI=1S/C15H22O4/c1-7-4-5-9-11(7)13-12(8(2)14(17)19-13)10(16)6-15(9,3)18/h8-13,16,18H,1,4-6H2,2-3H3/t8-,9-,10+,11+,12-,13-,15-/m1/s1. The molecule has 0 aromatic rings. The number of fused-ring (bicyclic) bond motifs is 3. The van der Waals surface area contributed by atoms with E-state index in [-0.39, 0.29) is 35.7 Å². The molecule has 4 nitrogen and oxygen atoms in total. The molecule has 0 amide bonds. The van der Waals surface area contributed by atoms with E-state index in [4.69, 9.17) is 4.74 Å². The normalized spacial score (nSPS) is 53.5. The van der Waals surface area contributed by atoms with Gasteiger partial charge in [0, 0.05) is 18.3 Å². The highest BCUT2D eigenvalue weighted by Gasteiger charge is 2.59. The van der Waals surface area contributed by atoms with Crippen molar-refractivity contribution in [3.8, 4) is 0 Å². The molecule has 0 bridgehead atoms. The Morgan fingerprint density at radius 1 is 1.47 bits per heavy atom. The molecule has 1 heterocycles. The van der Waals surface area contributed by atoms with Gasteiger partial charge in [0.2, 0.25) is 0 Å². The lowest BCUT2D eigenvalue weighted by Crippen LogP contribution is -2.39. The second-order valence-electron chi connectivity index (χ2n) is 6.73. The molecule has 7 atom stereocenters. The molecular formula is C15H22O4. The Balaban J connectivity index is 2.04. The number of ether oxygens (including phenoxy) is 1. The summed E-state index contributed by atoms with van der Waals surface area (Å²) >= 11 is 0. The molecule has 2 aliphatic carbocycles. The quantitative estimate of drug-likeness (QED) is 0.512. The third kappa shape index (κ3) is 1.77. The molecule has 0 aromatic carbocycles. The van der Waals surface area contributed by atoms with Crippen LogP contribution in [-0.4, -0.2) is 34.0 Å². The average Bonchev–Trinajstić information content (AvgIpc) is 2.78. The molecular weight excluding hydrogens is 244 g/mol. The summed E-state index contributed by atoms with van der Waals surface area (Å²) in [5.74, 6) is -0.727. The van der Waals surface area contributed by atoms with Crippen LogP contribution < -0.4 is 0 Å². The highest BCUT2D eigenvalue weighted by molar-refractivity contribution is 5.75. The van der Waals surface area contributed by atoms with Crippen molar-refractivity contribution in [3.05, 3.63) is 12.2 Å². The molecule has 106 valence electrons. The van der Waals surface area contributed by atoms with Crippen molar-refractivity contribution in [2.75, 3.05) is 0 Å². The fourth-order valence-corrected chi connectivity index (χ4v) is 4.47. The molecule has 0 radical (unpaired) electrons. The van der Waals surface area contributed by atoms with E-state index in [2.05, 4.69) is 6.58 Å². The molecule has 3 fully saturated rings. The molecule has 2 saturated carbocycles. The molecule has 0 spiro atoms. The second kappa shape index (κ2) is 4.06. The zero-order valence-corrected chi connectivity index (χ0v) is 11.5. The molecule has 0 unspecified atom stereocenters. The Bertz CT molecular complexity index is 428. The zero-order chi connectivity index (χ0) is 13.9. The van der Waals surface area contributed by atoms with Crippen molar-refractivity contribution in [2.24, 2.45) is 23.7 Å². The minimum atomic E-state index is -0.917. The van der Waals surface area contributed by atoms with Crippen LogP contribution in [0.5, 0.6) is 0 Å². The first kappa shape index (κ1) is 13.1. The fraction of sp³-hybridized carbons (Fsp3) is 0.800. The first-order chi connectivity index (χ1) is 8.83. The van der Waals surface area contributed by atoms with Gasteiger partial charge in [0.05, 0.1) is 17.6 Å². The number of esters is 1. The SMILES string of the molecule is C=C1CC[C@@H]2[C@H]1[C@H]1OC(=O)[C@H](C)[C@@H]1[C@@H](O)C[C@@]2(C)O. The maximum atomic E-state index is 11.8. The second-order valence-corrected chi connectivity index (χ2v) is 6.73. The topological polar surface area (TPSA) is 66.8 Å². The zero-order valence-electron chi connectivity index (χ0n) is 11.5.